The van der Waals surface area contributed by atoms with E-state index in [9.17, 15) is 0 Å². The van der Waals surface area contributed by atoms with E-state index in [1.165, 1.54) is 0 Å². The number of halogens is 1. The predicted molar refractivity (Wildman–Crippen MR) is 45.5 cm³/mol. The van der Waals surface area contributed by atoms with Crippen molar-refractivity contribution < 1.29 is 0 Å². The second-order valence-corrected chi connectivity index (χ2v) is 2.70. The Balaban J connectivity index is 3.19. The molecule has 1 nitrogen and oxygen atoms in total. The summed E-state index contributed by atoms with van der Waals surface area (Å²) < 4.78 is 0. The zero-order valence-corrected chi connectivity index (χ0v) is 7.02. The number of aryl methyl sites for hydroxylation is 1. The average Bonchev–Trinajstić information content (AvgIpc) is 2.04. The van der Waals surface area contributed by atoms with Crippen molar-refractivity contribution in [3.8, 4) is 6.07 Å². The minimum Gasteiger partial charge on any atom is -0.192 e. The van der Waals surface area contributed by atoms with Crippen molar-refractivity contribution >= 4 is 11.6 Å². The monoisotopic (exact) mass is 165 g/mol. The highest BCUT2D eigenvalue weighted by Crippen LogP contribution is 2.15. The number of rotatable bonds is 1. The van der Waals surface area contributed by atoms with E-state index in [2.05, 4.69) is 6.07 Å². The molecule has 0 N–H and O–H groups in total. The molecule has 0 spiro atoms. The largest absolute Gasteiger partial charge is 0.192 e. The van der Waals surface area contributed by atoms with Crippen LogP contribution in [0, 0.1) is 11.3 Å². The summed E-state index contributed by atoms with van der Waals surface area (Å²) in [5, 5.41) is 9.34. The van der Waals surface area contributed by atoms with E-state index >= 15 is 0 Å². The summed E-state index contributed by atoms with van der Waals surface area (Å²) in [6.45, 7) is 2.01. The molecule has 0 aliphatic carbocycles. The summed E-state index contributed by atoms with van der Waals surface area (Å²) in [6, 6.07) is 7.44. The molecule has 0 aromatic heterocycles. The molecular weight excluding hydrogens is 158 g/mol. The molecule has 0 saturated heterocycles. The molecule has 2 heteroatoms. The molecule has 0 aliphatic heterocycles. The Morgan fingerprint density at radius 2 is 2.27 bits per heavy atom. The summed E-state index contributed by atoms with van der Waals surface area (Å²) >= 11 is 5.74. The van der Waals surface area contributed by atoms with Gasteiger partial charge in [-0.1, -0.05) is 18.5 Å². The first-order valence-corrected chi connectivity index (χ1v) is 3.84. The SMILES string of the molecule is CCc1cc(Cl)ccc1C#N. The standard InChI is InChI=1S/C9H8ClN/c1-2-7-5-9(10)4-3-8(7)6-11/h3-5H,2H2,1H3. The number of nitrogens with zero attached hydrogens (tertiary/aromatic N) is 1. The molecule has 0 fully saturated rings. The Hall–Kier alpha value is -1.00. The van der Waals surface area contributed by atoms with E-state index in [-0.39, 0.29) is 0 Å². The molecule has 0 atom stereocenters. The molecular formula is C9H8ClN. The van der Waals surface area contributed by atoms with E-state index in [0.717, 1.165) is 17.5 Å². The molecule has 0 amide bonds. The lowest BCUT2D eigenvalue weighted by atomic mass is 10.1. The molecule has 0 unspecified atom stereocenters. The summed E-state index contributed by atoms with van der Waals surface area (Å²) in [6.07, 6.45) is 0.851. The molecule has 1 rings (SSSR count). The van der Waals surface area contributed by atoms with E-state index in [1.807, 2.05) is 13.0 Å². The molecule has 0 aliphatic rings. The van der Waals surface area contributed by atoms with Crippen LogP contribution in [0.4, 0.5) is 0 Å². The van der Waals surface area contributed by atoms with Gasteiger partial charge in [-0.3, -0.25) is 0 Å². The van der Waals surface area contributed by atoms with E-state index in [4.69, 9.17) is 16.9 Å². The first-order valence-electron chi connectivity index (χ1n) is 3.46. The Labute approximate surface area is 71.2 Å². The number of benzene rings is 1. The molecule has 56 valence electrons. The van der Waals surface area contributed by atoms with Crippen LogP contribution in [-0.4, -0.2) is 0 Å². The van der Waals surface area contributed by atoms with Gasteiger partial charge >= 0.3 is 0 Å². The van der Waals surface area contributed by atoms with Crippen molar-refractivity contribution in [2.45, 2.75) is 13.3 Å². The molecule has 11 heavy (non-hydrogen) atoms. The van der Waals surface area contributed by atoms with Crippen LogP contribution in [-0.2, 0) is 6.42 Å². The minimum atomic E-state index is 0.695. The highest BCUT2D eigenvalue weighted by molar-refractivity contribution is 6.30. The summed E-state index contributed by atoms with van der Waals surface area (Å²) in [5.41, 5.74) is 1.73. The van der Waals surface area contributed by atoms with Crippen molar-refractivity contribution in [2.24, 2.45) is 0 Å². The summed E-state index contributed by atoms with van der Waals surface area (Å²) in [7, 11) is 0. The highest BCUT2D eigenvalue weighted by Gasteiger charge is 1.98. The van der Waals surface area contributed by atoms with Crippen LogP contribution in [0.15, 0.2) is 18.2 Å². The fourth-order valence-corrected chi connectivity index (χ4v) is 1.16. The summed E-state index contributed by atoms with van der Waals surface area (Å²) in [4.78, 5) is 0. The van der Waals surface area contributed by atoms with Crippen LogP contribution in [0.5, 0.6) is 0 Å². The van der Waals surface area contributed by atoms with Crippen molar-refractivity contribution in [3.05, 3.63) is 34.3 Å². The zero-order valence-electron chi connectivity index (χ0n) is 6.26. The van der Waals surface area contributed by atoms with Gasteiger partial charge in [-0.15, -0.1) is 0 Å². The van der Waals surface area contributed by atoms with Gasteiger partial charge < -0.3 is 0 Å². The molecule has 0 bridgehead atoms. The third-order valence-corrected chi connectivity index (χ3v) is 1.80. The minimum absolute atomic E-state index is 0.695. The van der Waals surface area contributed by atoms with Crippen LogP contribution >= 0.6 is 11.6 Å². The van der Waals surface area contributed by atoms with Crippen molar-refractivity contribution in [2.75, 3.05) is 0 Å². The maximum absolute atomic E-state index is 8.65. The lowest BCUT2D eigenvalue weighted by molar-refractivity contribution is 1.13. The van der Waals surface area contributed by atoms with Gasteiger partial charge in [0, 0.05) is 5.02 Å². The Morgan fingerprint density at radius 1 is 1.55 bits per heavy atom. The normalized spacial score (nSPS) is 9.18. The molecule has 0 radical (unpaired) electrons. The van der Waals surface area contributed by atoms with Gasteiger partial charge in [0.15, 0.2) is 0 Å². The van der Waals surface area contributed by atoms with Crippen LogP contribution in [0.2, 0.25) is 5.02 Å². The van der Waals surface area contributed by atoms with Gasteiger partial charge in [-0.2, -0.15) is 5.26 Å². The van der Waals surface area contributed by atoms with Crippen molar-refractivity contribution in [1.82, 2.24) is 0 Å². The first-order chi connectivity index (χ1) is 5.27. The number of hydrogen-bond donors (Lipinski definition) is 0. The van der Waals surface area contributed by atoms with Gasteiger partial charge in [0.25, 0.3) is 0 Å². The fraction of sp³-hybridized carbons (Fsp3) is 0.222. The second kappa shape index (κ2) is 3.41. The zero-order chi connectivity index (χ0) is 8.27. The third-order valence-electron chi connectivity index (χ3n) is 1.57. The Kier molecular flexibility index (Phi) is 2.51. The average molecular weight is 166 g/mol. The first kappa shape index (κ1) is 8.10. The third kappa shape index (κ3) is 1.72. The lowest BCUT2D eigenvalue weighted by Gasteiger charge is -1.98. The van der Waals surface area contributed by atoms with Crippen LogP contribution in [0.1, 0.15) is 18.1 Å². The summed E-state index contributed by atoms with van der Waals surface area (Å²) in [5.74, 6) is 0. The lowest BCUT2D eigenvalue weighted by Crippen LogP contribution is -1.85. The smallest absolute Gasteiger partial charge is 0.0994 e. The number of hydrogen-bond acceptors (Lipinski definition) is 1. The number of nitriles is 1. The fourth-order valence-electron chi connectivity index (χ4n) is 0.964. The molecule has 0 saturated carbocycles. The highest BCUT2D eigenvalue weighted by atomic mass is 35.5. The van der Waals surface area contributed by atoms with Gasteiger partial charge in [0.2, 0.25) is 0 Å². The van der Waals surface area contributed by atoms with Gasteiger partial charge in [0.05, 0.1) is 11.6 Å². The van der Waals surface area contributed by atoms with Crippen LogP contribution in [0.25, 0.3) is 0 Å². The van der Waals surface area contributed by atoms with Crippen LogP contribution in [0.3, 0.4) is 0 Å². The maximum atomic E-state index is 8.65. The molecule has 1 aromatic rings. The quantitative estimate of drug-likeness (QED) is 0.628. The predicted octanol–water partition coefficient (Wildman–Crippen LogP) is 2.77. The van der Waals surface area contributed by atoms with Crippen LogP contribution < -0.4 is 0 Å². The van der Waals surface area contributed by atoms with Gasteiger partial charge in [-0.25, -0.2) is 0 Å². The second-order valence-electron chi connectivity index (χ2n) is 2.27. The van der Waals surface area contributed by atoms with Crippen molar-refractivity contribution in [3.63, 3.8) is 0 Å². The van der Waals surface area contributed by atoms with Crippen molar-refractivity contribution in [1.29, 1.82) is 5.26 Å². The van der Waals surface area contributed by atoms with Gasteiger partial charge in [-0.05, 0) is 30.2 Å². The Morgan fingerprint density at radius 3 is 2.82 bits per heavy atom. The maximum Gasteiger partial charge on any atom is 0.0994 e. The van der Waals surface area contributed by atoms with Gasteiger partial charge in [0.1, 0.15) is 0 Å². The molecule has 1 aromatic carbocycles. The Bertz CT molecular complexity index is 299. The topological polar surface area (TPSA) is 23.8 Å². The van der Waals surface area contributed by atoms with E-state index in [1.54, 1.807) is 12.1 Å². The molecule has 0 heterocycles. The van der Waals surface area contributed by atoms with E-state index < -0.39 is 0 Å². The van der Waals surface area contributed by atoms with E-state index in [0.29, 0.717) is 5.02 Å².